The molecule has 1 amide bonds. The average Bonchev–Trinajstić information content (AvgIpc) is 2.37. The molecular weight excluding hydrogens is 292 g/mol. The van der Waals surface area contributed by atoms with Gasteiger partial charge in [-0.15, -0.1) is 12.4 Å². The van der Waals surface area contributed by atoms with Gasteiger partial charge in [-0.2, -0.15) is 0 Å². The van der Waals surface area contributed by atoms with E-state index in [2.05, 4.69) is 5.32 Å². The van der Waals surface area contributed by atoms with Crippen molar-refractivity contribution >= 4 is 24.3 Å². The van der Waals surface area contributed by atoms with Crippen LogP contribution in [0.15, 0.2) is 0 Å². The van der Waals surface area contributed by atoms with Crippen molar-refractivity contribution in [2.75, 3.05) is 0 Å². The van der Waals surface area contributed by atoms with E-state index in [1.165, 1.54) is 6.42 Å². The number of carbonyl (C=O) groups is 2. The van der Waals surface area contributed by atoms with E-state index in [-0.39, 0.29) is 24.2 Å². The Morgan fingerprint density at radius 2 is 1.62 bits per heavy atom. The molecule has 124 valence electrons. The predicted molar refractivity (Wildman–Crippen MR) is 85.4 cm³/mol. The average molecular weight is 321 g/mol. The van der Waals surface area contributed by atoms with Crippen molar-refractivity contribution in [3.8, 4) is 0 Å². The predicted octanol–water partition coefficient (Wildman–Crippen LogP) is 2.32. The lowest BCUT2D eigenvalue weighted by molar-refractivity contribution is -0.152. The van der Waals surface area contributed by atoms with Crippen molar-refractivity contribution in [2.45, 2.75) is 71.4 Å². The van der Waals surface area contributed by atoms with Crippen LogP contribution in [0.25, 0.3) is 0 Å². The van der Waals surface area contributed by atoms with E-state index in [1.807, 2.05) is 0 Å². The van der Waals surface area contributed by atoms with Crippen molar-refractivity contribution in [3.63, 3.8) is 0 Å². The zero-order valence-electron chi connectivity index (χ0n) is 13.4. The maximum absolute atomic E-state index is 12.3. The minimum atomic E-state index is -1.32. The van der Waals surface area contributed by atoms with Crippen molar-refractivity contribution in [1.82, 2.24) is 5.32 Å². The normalized spacial score (nSPS) is 20.8. The third kappa shape index (κ3) is 4.58. The number of aliphatic carboxylic acids is 1. The molecule has 1 aliphatic carbocycles. The minimum absolute atomic E-state index is 0. The summed E-state index contributed by atoms with van der Waals surface area (Å²) in [5, 5.41) is 12.1. The van der Waals surface area contributed by atoms with Crippen molar-refractivity contribution in [2.24, 2.45) is 17.1 Å². The van der Waals surface area contributed by atoms with Crippen LogP contribution in [-0.4, -0.2) is 28.6 Å². The molecule has 4 N–H and O–H groups in total. The molecule has 1 rings (SSSR count). The Morgan fingerprint density at radius 3 is 2.00 bits per heavy atom. The van der Waals surface area contributed by atoms with Gasteiger partial charge in [0.1, 0.15) is 5.54 Å². The van der Waals surface area contributed by atoms with E-state index in [0.717, 1.165) is 25.7 Å². The summed E-state index contributed by atoms with van der Waals surface area (Å²) in [4.78, 5) is 23.9. The van der Waals surface area contributed by atoms with Gasteiger partial charge < -0.3 is 16.2 Å². The molecule has 0 saturated heterocycles. The number of carboxylic acid groups (broad SMARTS) is 1. The van der Waals surface area contributed by atoms with E-state index in [1.54, 1.807) is 27.7 Å². The fourth-order valence-corrected chi connectivity index (χ4v) is 2.60. The lowest BCUT2D eigenvalue weighted by atomic mass is 9.74. The van der Waals surface area contributed by atoms with Gasteiger partial charge in [-0.05, 0) is 31.1 Å². The molecule has 1 fully saturated rings. The van der Waals surface area contributed by atoms with E-state index in [4.69, 9.17) is 5.73 Å². The van der Waals surface area contributed by atoms with Crippen LogP contribution in [0.2, 0.25) is 0 Å². The number of hydrogen-bond acceptors (Lipinski definition) is 3. The Balaban J connectivity index is 0.00000400. The highest BCUT2D eigenvalue weighted by atomic mass is 35.5. The summed E-state index contributed by atoms with van der Waals surface area (Å²) in [6.45, 7) is 6.94. The number of rotatable bonds is 4. The number of nitrogens with one attached hydrogen (secondary N) is 1. The molecule has 0 aliphatic heterocycles. The number of nitrogens with two attached hydrogens (primary N) is 1. The van der Waals surface area contributed by atoms with Crippen LogP contribution < -0.4 is 11.1 Å². The molecule has 0 heterocycles. The monoisotopic (exact) mass is 320 g/mol. The first-order valence-corrected chi connectivity index (χ1v) is 7.40. The quantitative estimate of drug-likeness (QED) is 0.741. The highest BCUT2D eigenvalue weighted by Crippen LogP contribution is 2.31. The van der Waals surface area contributed by atoms with Crippen LogP contribution in [0.3, 0.4) is 0 Å². The second-order valence-electron chi connectivity index (χ2n) is 7.09. The summed E-state index contributed by atoms with van der Waals surface area (Å²) in [5.74, 6) is -1.22. The van der Waals surface area contributed by atoms with Gasteiger partial charge in [0.05, 0.1) is 6.04 Å². The van der Waals surface area contributed by atoms with Gasteiger partial charge in [0.2, 0.25) is 5.91 Å². The molecule has 1 aliphatic rings. The molecule has 2 atom stereocenters. The molecule has 1 saturated carbocycles. The fraction of sp³-hybridized carbons (Fsp3) is 0.867. The molecule has 21 heavy (non-hydrogen) atoms. The first kappa shape index (κ1) is 20.2. The summed E-state index contributed by atoms with van der Waals surface area (Å²) in [6, 6.07) is -0.615. The molecule has 0 radical (unpaired) electrons. The topological polar surface area (TPSA) is 92.4 Å². The van der Waals surface area contributed by atoms with Crippen LogP contribution in [0.5, 0.6) is 0 Å². The fourth-order valence-electron chi connectivity index (χ4n) is 2.60. The largest absolute Gasteiger partial charge is 0.479 e. The Labute approximate surface area is 133 Å². The second-order valence-corrected chi connectivity index (χ2v) is 7.09. The van der Waals surface area contributed by atoms with Gasteiger partial charge in [0, 0.05) is 0 Å². The summed E-state index contributed by atoms with van der Waals surface area (Å²) < 4.78 is 0. The van der Waals surface area contributed by atoms with Crippen LogP contribution in [0, 0.1) is 11.3 Å². The van der Waals surface area contributed by atoms with Gasteiger partial charge in [-0.1, -0.05) is 40.0 Å². The summed E-state index contributed by atoms with van der Waals surface area (Å²) in [5.41, 5.74) is 4.12. The van der Waals surface area contributed by atoms with Gasteiger partial charge in [-0.3, -0.25) is 4.79 Å². The van der Waals surface area contributed by atoms with Crippen LogP contribution >= 0.6 is 12.4 Å². The van der Waals surface area contributed by atoms with Crippen LogP contribution in [0.1, 0.15) is 59.8 Å². The first-order chi connectivity index (χ1) is 9.09. The SMILES string of the molecule is CC(C)(C)[C@](C)(NC(=O)[C@@H](N)C1CCCCC1)C(=O)O.Cl. The van der Waals surface area contributed by atoms with Crippen LogP contribution in [-0.2, 0) is 9.59 Å². The zero-order valence-corrected chi connectivity index (χ0v) is 14.3. The molecule has 0 bridgehead atoms. The van der Waals surface area contributed by atoms with E-state index in [0.29, 0.717) is 0 Å². The zero-order chi connectivity index (χ0) is 15.6. The highest BCUT2D eigenvalue weighted by molar-refractivity contribution is 5.90. The second kappa shape index (κ2) is 7.45. The molecule has 0 unspecified atom stereocenters. The summed E-state index contributed by atoms with van der Waals surface area (Å²) >= 11 is 0. The molecule has 5 nitrogen and oxygen atoms in total. The molecule has 6 heteroatoms. The smallest absolute Gasteiger partial charge is 0.329 e. The number of amides is 1. The lowest BCUT2D eigenvalue weighted by Crippen LogP contribution is -2.63. The number of hydrogen-bond donors (Lipinski definition) is 3. The van der Waals surface area contributed by atoms with Crippen molar-refractivity contribution in [3.05, 3.63) is 0 Å². The number of carboxylic acids is 1. The minimum Gasteiger partial charge on any atom is -0.479 e. The van der Waals surface area contributed by atoms with Crippen molar-refractivity contribution < 1.29 is 14.7 Å². The molecule has 0 aromatic heterocycles. The van der Waals surface area contributed by atoms with Crippen LogP contribution in [0.4, 0.5) is 0 Å². The van der Waals surface area contributed by atoms with E-state index >= 15 is 0 Å². The maximum Gasteiger partial charge on any atom is 0.329 e. The van der Waals surface area contributed by atoms with E-state index in [9.17, 15) is 14.7 Å². The Kier molecular flexibility index (Phi) is 7.16. The summed E-state index contributed by atoms with van der Waals surface area (Å²) in [6.07, 6.45) is 5.30. The van der Waals surface area contributed by atoms with Gasteiger partial charge in [0.15, 0.2) is 0 Å². The standard InChI is InChI=1S/C15H28N2O3.ClH/c1-14(2,3)15(4,13(19)20)17-12(18)11(16)10-8-6-5-7-9-10;/h10-11H,5-9,16H2,1-4H3,(H,17,18)(H,19,20);1H/t11-,15+;/m0./s1. The molecule has 0 aromatic carbocycles. The maximum atomic E-state index is 12.3. The number of halogens is 1. The Bertz CT molecular complexity index is 376. The number of carbonyl (C=O) groups excluding carboxylic acids is 1. The molecular formula is C15H29ClN2O3. The highest BCUT2D eigenvalue weighted by Gasteiger charge is 2.46. The third-order valence-corrected chi connectivity index (χ3v) is 4.76. The van der Waals surface area contributed by atoms with Gasteiger partial charge in [-0.25, -0.2) is 4.79 Å². The Morgan fingerprint density at radius 1 is 1.14 bits per heavy atom. The Hall–Kier alpha value is -0.810. The first-order valence-electron chi connectivity index (χ1n) is 7.40. The van der Waals surface area contributed by atoms with Crippen molar-refractivity contribution in [1.29, 1.82) is 0 Å². The van der Waals surface area contributed by atoms with Gasteiger partial charge >= 0.3 is 5.97 Å². The van der Waals surface area contributed by atoms with E-state index < -0.39 is 23.0 Å². The van der Waals surface area contributed by atoms with Gasteiger partial charge in [0.25, 0.3) is 0 Å². The summed E-state index contributed by atoms with van der Waals surface area (Å²) in [7, 11) is 0. The molecule has 0 spiro atoms. The lowest BCUT2D eigenvalue weighted by Gasteiger charge is -2.40. The third-order valence-electron chi connectivity index (χ3n) is 4.76. The molecule has 0 aromatic rings.